The zero-order valence-corrected chi connectivity index (χ0v) is 20.3. The zero-order valence-electron chi connectivity index (χ0n) is 20.3. The molecule has 0 saturated heterocycles. The van der Waals surface area contributed by atoms with Crippen LogP contribution in [-0.2, 0) is 11.2 Å². The predicted molar refractivity (Wildman–Crippen MR) is 138 cm³/mol. The summed E-state index contributed by atoms with van der Waals surface area (Å²) in [5, 5.41) is 5.69. The standard InChI is InChI=1S/C29H30N2O4/c1-4-5-6-21-8-12-24(13-9-21)30-29(33)25(16-22-10-14-26-27(17-22)35-18-34-26)31-28(32)23-11-7-19(2)20(3)15-23/h7-17H,4-6,18H2,1-3H3,(H,30,33)(H,31,32). The molecule has 1 aliphatic rings. The second kappa shape index (κ2) is 10.9. The summed E-state index contributed by atoms with van der Waals surface area (Å²) < 4.78 is 10.8. The number of nitrogens with one attached hydrogen (secondary N) is 2. The number of anilines is 1. The lowest BCUT2D eigenvalue weighted by atomic mass is 10.1. The van der Waals surface area contributed by atoms with Crippen molar-refractivity contribution in [3.8, 4) is 11.5 Å². The summed E-state index contributed by atoms with van der Waals surface area (Å²) in [6.07, 6.45) is 4.89. The first-order chi connectivity index (χ1) is 16.9. The lowest BCUT2D eigenvalue weighted by molar-refractivity contribution is -0.113. The van der Waals surface area contributed by atoms with Crippen LogP contribution in [0.5, 0.6) is 11.5 Å². The molecule has 4 rings (SSSR count). The number of hydrogen-bond donors (Lipinski definition) is 2. The first-order valence-electron chi connectivity index (χ1n) is 11.8. The third-order valence-corrected chi connectivity index (χ3v) is 6.00. The largest absolute Gasteiger partial charge is 0.454 e. The highest BCUT2D eigenvalue weighted by atomic mass is 16.7. The summed E-state index contributed by atoms with van der Waals surface area (Å²) in [4.78, 5) is 26.3. The van der Waals surface area contributed by atoms with Gasteiger partial charge < -0.3 is 20.1 Å². The lowest BCUT2D eigenvalue weighted by Crippen LogP contribution is -2.30. The van der Waals surface area contributed by atoms with Crippen molar-refractivity contribution in [1.29, 1.82) is 0 Å². The summed E-state index contributed by atoms with van der Waals surface area (Å²) in [6, 6.07) is 18.6. The molecule has 0 aliphatic carbocycles. The highest BCUT2D eigenvalue weighted by Crippen LogP contribution is 2.33. The number of rotatable bonds is 8. The molecular weight excluding hydrogens is 440 g/mol. The van der Waals surface area contributed by atoms with E-state index in [1.54, 1.807) is 24.3 Å². The van der Waals surface area contributed by atoms with Crippen molar-refractivity contribution in [2.24, 2.45) is 0 Å². The summed E-state index contributed by atoms with van der Waals surface area (Å²) >= 11 is 0. The van der Waals surface area contributed by atoms with Crippen molar-refractivity contribution < 1.29 is 19.1 Å². The van der Waals surface area contributed by atoms with E-state index in [4.69, 9.17) is 9.47 Å². The summed E-state index contributed by atoms with van der Waals surface area (Å²) in [5.41, 5.74) is 5.30. The molecule has 2 amide bonds. The fourth-order valence-corrected chi connectivity index (χ4v) is 3.74. The van der Waals surface area contributed by atoms with Gasteiger partial charge >= 0.3 is 0 Å². The minimum atomic E-state index is -0.416. The molecule has 0 radical (unpaired) electrons. The molecule has 35 heavy (non-hydrogen) atoms. The van der Waals surface area contributed by atoms with Crippen LogP contribution < -0.4 is 20.1 Å². The quantitative estimate of drug-likeness (QED) is 0.409. The molecule has 1 aliphatic heterocycles. The molecular formula is C29H30N2O4. The number of carbonyl (C=O) groups is 2. The van der Waals surface area contributed by atoms with Crippen LogP contribution in [-0.4, -0.2) is 18.6 Å². The molecule has 6 nitrogen and oxygen atoms in total. The molecule has 0 fully saturated rings. The molecule has 0 saturated carbocycles. The molecule has 3 aromatic carbocycles. The highest BCUT2D eigenvalue weighted by molar-refractivity contribution is 6.10. The van der Waals surface area contributed by atoms with Crippen molar-refractivity contribution in [2.45, 2.75) is 40.0 Å². The van der Waals surface area contributed by atoms with Gasteiger partial charge in [-0.3, -0.25) is 9.59 Å². The molecule has 0 bridgehead atoms. The Hall–Kier alpha value is -4.06. The van der Waals surface area contributed by atoms with Crippen molar-refractivity contribution >= 4 is 23.6 Å². The third kappa shape index (κ3) is 6.09. The Kier molecular flexibility index (Phi) is 7.51. The molecule has 2 N–H and O–H groups in total. The minimum absolute atomic E-state index is 0.127. The normalized spacial score (nSPS) is 12.4. The minimum Gasteiger partial charge on any atom is -0.454 e. The van der Waals surface area contributed by atoms with Crippen LogP contribution in [0.4, 0.5) is 5.69 Å². The fraction of sp³-hybridized carbons (Fsp3) is 0.241. The second-order valence-corrected chi connectivity index (χ2v) is 8.68. The molecule has 1 heterocycles. The number of ether oxygens (including phenoxy) is 2. The number of fused-ring (bicyclic) bond motifs is 1. The summed E-state index contributed by atoms with van der Waals surface area (Å²) in [6.45, 7) is 6.26. The Bertz CT molecular complexity index is 1260. The van der Waals surface area contributed by atoms with E-state index in [9.17, 15) is 9.59 Å². The van der Waals surface area contributed by atoms with E-state index in [2.05, 4.69) is 17.6 Å². The van der Waals surface area contributed by atoms with Gasteiger partial charge in [0.05, 0.1) is 0 Å². The Morgan fingerprint density at radius 2 is 1.69 bits per heavy atom. The fourth-order valence-electron chi connectivity index (χ4n) is 3.74. The first kappa shape index (κ1) is 24.1. The van der Waals surface area contributed by atoms with Gasteiger partial charge in [0.1, 0.15) is 5.70 Å². The van der Waals surface area contributed by atoms with Gasteiger partial charge in [0, 0.05) is 11.3 Å². The van der Waals surface area contributed by atoms with E-state index in [0.29, 0.717) is 28.3 Å². The van der Waals surface area contributed by atoms with E-state index < -0.39 is 5.91 Å². The van der Waals surface area contributed by atoms with Gasteiger partial charge in [0.25, 0.3) is 11.8 Å². The molecule has 0 atom stereocenters. The smallest absolute Gasteiger partial charge is 0.272 e. The molecule has 0 spiro atoms. The number of unbranched alkanes of at least 4 members (excludes halogenated alkanes) is 1. The van der Waals surface area contributed by atoms with Gasteiger partial charge in [-0.1, -0.05) is 37.6 Å². The zero-order chi connectivity index (χ0) is 24.8. The number of benzene rings is 3. The van der Waals surface area contributed by atoms with Gasteiger partial charge in [-0.2, -0.15) is 0 Å². The number of aryl methyl sites for hydroxylation is 3. The van der Waals surface area contributed by atoms with Gasteiger partial charge in [0.2, 0.25) is 6.79 Å². The predicted octanol–water partition coefficient (Wildman–Crippen LogP) is 5.78. The van der Waals surface area contributed by atoms with E-state index >= 15 is 0 Å². The highest BCUT2D eigenvalue weighted by Gasteiger charge is 2.17. The van der Waals surface area contributed by atoms with Crippen LogP contribution >= 0.6 is 0 Å². The van der Waals surface area contributed by atoms with Crippen LogP contribution in [0, 0.1) is 13.8 Å². The monoisotopic (exact) mass is 470 g/mol. The van der Waals surface area contributed by atoms with Crippen molar-refractivity contribution in [3.63, 3.8) is 0 Å². The van der Waals surface area contributed by atoms with Gasteiger partial charge in [-0.05, 0) is 91.4 Å². The average Bonchev–Trinajstić information content (AvgIpc) is 3.32. The summed E-state index contributed by atoms with van der Waals surface area (Å²) in [5.74, 6) is 0.475. The maximum Gasteiger partial charge on any atom is 0.272 e. The molecule has 6 heteroatoms. The van der Waals surface area contributed by atoms with E-state index in [0.717, 1.165) is 30.4 Å². The van der Waals surface area contributed by atoms with Crippen LogP contribution in [0.25, 0.3) is 6.08 Å². The van der Waals surface area contributed by atoms with Crippen LogP contribution in [0.2, 0.25) is 0 Å². The molecule has 0 unspecified atom stereocenters. The van der Waals surface area contributed by atoms with Gasteiger partial charge in [-0.15, -0.1) is 0 Å². The Balaban J connectivity index is 1.58. The third-order valence-electron chi connectivity index (χ3n) is 6.00. The SMILES string of the molecule is CCCCc1ccc(NC(=O)C(=Cc2ccc3c(c2)OCO3)NC(=O)c2ccc(C)c(C)c2)cc1. The average molecular weight is 471 g/mol. The topological polar surface area (TPSA) is 76.7 Å². The van der Waals surface area contributed by atoms with Gasteiger partial charge in [-0.25, -0.2) is 0 Å². The van der Waals surface area contributed by atoms with Crippen molar-refractivity contribution in [2.75, 3.05) is 12.1 Å². The van der Waals surface area contributed by atoms with E-state index in [1.807, 2.05) is 56.3 Å². The maximum atomic E-state index is 13.2. The number of amides is 2. The van der Waals surface area contributed by atoms with Gasteiger partial charge in [0.15, 0.2) is 11.5 Å². The van der Waals surface area contributed by atoms with Crippen LogP contribution in [0.3, 0.4) is 0 Å². The maximum absolute atomic E-state index is 13.2. The van der Waals surface area contributed by atoms with Crippen LogP contribution in [0.1, 0.15) is 52.4 Å². The van der Waals surface area contributed by atoms with Crippen molar-refractivity contribution in [3.05, 3.63) is 94.2 Å². The second-order valence-electron chi connectivity index (χ2n) is 8.68. The lowest BCUT2D eigenvalue weighted by Gasteiger charge is -2.13. The number of hydrogen-bond acceptors (Lipinski definition) is 4. The van der Waals surface area contributed by atoms with Crippen molar-refractivity contribution in [1.82, 2.24) is 5.32 Å². The summed E-state index contributed by atoms with van der Waals surface area (Å²) in [7, 11) is 0. The van der Waals surface area contributed by atoms with E-state index in [-0.39, 0.29) is 18.4 Å². The number of carbonyl (C=O) groups excluding carboxylic acids is 2. The van der Waals surface area contributed by atoms with E-state index in [1.165, 1.54) is 5.56 Å². The Morgan fingerprint density at radius 1 is 0.914 bits per heavy atom. The Labute approximate surface area is 206 Å². The van der Waals surface area contributed by atoms with Crippen LogP contribution in [0.15, 0.2) is 66.4 Å². The molecule has 3 aromatic rings. The Morgan fingerprint density at radius 3 is 2.43 bits per heavy atom. The first-order valence-corrected chi connectivity index (χ1v) is 11.8. The molecule has 180 valence electrons. The molecule has 0 aromatic heterocycles.